The molecule has 0 unspecified atom stereocenters. The van der Waals surface area contributed by atoms with Crippen molar-refractivity contribution in [1.29, 1.82) is 0 Å². The van der Waals surface area contributed by atoms with Crippen molar-refractivity contribution in [1.82, 2.24) is 0 Å². The topological polar surface area (TPSA) is 46.5 Å². The first-order valence-electron chi connectivity index (χ1n) is 8.74. The first kappa shape index (κ1) is 19.0. The minimum Gasteiger partial charge on any atom is -0.294 e. The lowest BCUT2D eigenvalue weighted by atomic mass is 9.97. The van der Waals surface area contributed by atoms with Crippen molar-refractivity contribution in [3.8, 4) is 0 Å². The van der Waals surface area contributed by atoms with Crippen molar-refractivity contribution in [3.63, 3.8) is 0 Å². The smallest absolute Gasteiger partial charge is 0.294 e. The zero-order valence-corrected chi connectivity index (χ0v) is 14.6. The highest BCUT2D eigenvalue weighted by atomic mass is 19.4. The van der Waals surface area contributed by atoms with Gasteiger partial charge in [-0.2, -0.15) is 13.2 Å². The molecule has 140 valence electrons. The van der Waals surface area contributed by atoms with Crippen LogP contribution >= 0.6 is 0 Å². The first-order valence-corrected chi connectivity index (χ1v) is 8.74. The molecule has 0 atom stereocenters. The SMILES string of the molecule is O=C(CCC(=O)c1ccc2c(c1)CCCC=N2)c1cccc(C(F)(F)F)c1. The van der Waals surface area contributed by atoms with Crippen LogP contribution in [0.15, 0.2) is 47.5 Å². The van der Waals surface area contributed by atoms with Crippen LogP contribution in [-0.4, -0.2) is 17.8 Å². The number of carbonyl (C=O) groups is 2. The molecule has 3 rings (SSSR count). The Kier molecular flexibility index (Phi) is 5.54. The number of hydrogen-bond donors (Lipinski definition) is 0. The quantitative estimate of drug-likeness (QED) is 0.642. The number of benzene rings is 2. The molecule has 0 saturated carbocycles. The molecule has 2 aromatic rings. The third-order valence-electron chi connectivity index (χ3n) is 4.50. The van der Waals surface area contributed by atoms with E-state index in [0.717, 1.165) is 42.6 Å². The lowest BCUT2D eigenvalue weighted by molar-refractivity contribution is -0.137. The molecule has 0 aliphatic carbocycles. The van der Waals surface area contributed by atoms with Gasteiger partial charge in [0.05, 0.1) is 11.3 Å². The molecule has 0 bridgehead atoms. The molecular weight excluding hydrogens is 355 g/mol. The largest absolute Gasteiger partial charge is 0.416 e. The molecule has 6 heteroatoms. The van der Waals surface area contributed by atoms with E-state index >= 15 is 0 Å². The summed E-state index contributed by atoms with van der Waals surface area (Å²) in [6.45, 7) is 0. The third kappa shape index (κ3) is 4.70. The summed E-state index contributed by atoms with van der Waals surface area (Å²) in [5, 5.41) is 0. The number of hydrogen-bond acceptors (Lipinski definition) is 3. The molecule has 0 radical (unpaired) electrons. The molecule has 1 aliphatic heterocycles. The highest BCUT2D eigenvalue weighted by Gasteiger charge is 2.30. The van der Waals surface area contributed by atoms with Crippen molar-refractivity contribution < 1.29 is 22.8 Å². The van der Waals surface area contributed by atoms with Gasteiger partial charge in [0.2, 0.25) is 0 Å². The molecule has 3 nitrogen and oxygen atoms in total. The van der Waals surface area contributed by atoms with Gasteiger partial charge >= 0.3 is 6.18 Å². The van der Waals surface area contributed by atoms with Gasteiger partial charge in [0, 0.05) is 30.2 Å². The van der Waals surface area contributed by atoms with Crippen LogP contribution in [-0.2, 0) is 12.6 Å². The fourth-order valence-corrected chi connectivity index (χ4v) is 3.02. The van der Waals surface area contributed by atoms with Crippen molar-refractivity contribution >= 4 is 23.5 Å². The molecule has 0 aromatic heterocycles. The Balaban J connectivity index is 1.67. The Labute approximate surface area is 154 Å². The maximum Gasteiger partial charge on any atom is 0.416 e. The van der Waals surface area contributed by atoms with Crippen LogP contribution in [0, 0.1) is 0 Å². The lowest BCUT2D eigenvalue weighted by Gasteiger charge is -2.09. The van der Waals surface area contributed by atoms with Crippen molar-refractivity contribution in [2.24, 2.45) is 4.99 Å². The second-order valence-electron chi connectivity index (χ2n) is 6.47. The zero-order valence-electron chi connectivity index (χ0n) is 14.6. The predicted octanol–water partition coefficient (Wildman–Crippen LogP) is 5.59. The van der Waals surface area contributed by atoms with Crippen LogP contribution in [0.25, 0.3) is 0 Å². The van der Waals surface area contributed by atoms with Gasteiger partial charge in [-0.25, -0.2) is 0 Å². The van der Waals surface area contributed by atoms with Crippen LogP contribution in [0.1, 0.15) is 57.5 Å². The van der Waals surface area contributed by atoms with E-state index in [4.69, 9.17) is 0 Å². The number of alkyl halides is 3. The van der Waals surface area contributed by atoms with Gasteiger partial charge in [0.25, 0.3) is 0 Å². The van der Waals surface area contributed by atoms with Crippen molar-refractivity contribution in [2.45, 2.75) is 38.3 Å². The Hall–Kier alpha value is -2.76. The van der Waals surface area contributed by atoms with Gasteiger partial charge in [-0.05, 0) is 55.2 Å². The Morgan fingerprint density at radius 1 is 0.963 bits per heavy atom. The maximum atomic E-state index is 12.8. The summed E-state index contributed by atoms with van der Waals surface area (Å²) in [7, 11) is 0. The number of nitrogens with zero attached hydrogens (tertiary/aromatic N) is 1. The summed E-state index contributed by atoms with van der Waals surface area (Å²) in [5.41, 5.74) is 1.45. The van der Waals surface area contributed by atoms with Gasteiger partial charge in [0.1, 0.15) is 0 Å². The Bertz CT molecular complexity index is 901. The molecule has 27 heavy (non-hydrogen) atoms. The van der Waals surface area contributed by atoms with Crippen molar-refractivity contribution in [3.05, 3.63) is 64.7 Å². The van der Waals surface area contributed by atoms with E-state index in [1.807, 2.05) is 6.21 Å². The third-order valence-corrected chi connectivity index (χ3v) is 4.50. The molecule has 1 heterocycles. The summed E-state index contributed by atoms with van der Waals surface area (Å²) in [4.78, 5) is 29.0. The molecular formula is C21H18F3NO2. The van der Waals surface area contributed by atoms with Gasteiger partial charge < -0.3 is 0 Å². The fraction of sp³-hybridized carbons (Fsp3) is 0.286. The second-order valence-corrected chi connectivity index (χ2v) is 6.47. The monoisotopic (exact) mass is 373 g/mol. The Morgan fingerprint density at radius 3 is 2.37 bits per heavy atom. The van der Waals surface area contributed by atoms with E-state index in [9.17, 15) is 22.8 Å². The van der Waals surface area contributed by atoms with Gasteiger partial charge in [-0.1, -0.05) is 12.1 Å². The normalized spacial score (nSPS) is 13.7. The number of carbonyl (C=O) groups excluding carboxylic acids is 2. The fourth-order valence-electron chi connectivity index (χ4n) is 3.02. The molecule has 0 fully saturated rings. The second kappa shape index (κ2) is 7.86. The number of ketones is 2. The van der Waals surface area contributed by atoms with Gasteiger partial charge in [-0.15, -0.1) is 0 Å². The predicted molar refractivity (Wildman–Crippen MR) is 96.9 cm³/mol. The van der Waals surface area contributed by atoms with Gasteiger partial charge in [-0.3, -0.25) is 14.6 Å². The minimum absolute atomic E-state index is 0.0334. The summed E-state index contributed by atoms with van der Waals surface area (Å²) in [6.07, 6.45) is -0.130. The molecule has 0 saturated heterocycles. The first-order chi connectivity index (χ1) is 12.8. The van der Waals surface area contributed by atoms with E-state index in [-0.39, 0.29) is 24.2 Å². The summed E-state index contributed by atoms with van der Waals surface area (Å²) < 4.78 is 38.3. The van der Waals surface area contributed by atoms with Crippen LogP contribution in [0.3, 0.4) is 0 Å². The minimum atomic E-state index is -4.50. The van der Waals surface area contributed by atoms with Crippen LogP contribution in [0.2, 0.25) is 0 Å². The zero-order chi connectivity index (χ0) is 19.4. The van der Waals surface area contributed by atoms with Crippen LogP contribution in [0.5, 0.6) is 0 Å². The number of fused-ring (bicyclic) bond motifs is 1. The van der Waals surface area contributed by atoms with E-state index in [2.05, 4.69) is 4.99 Å². The number of rotatable bonds is 5. The standard InChI is InChI=1S/C21H18F3NO2/c22-21(23,24)17-6-3-5-15(13-17)19(26)9-10-20(27)16-7-8-18-14(12-16)4-1-2-11-25-18/h3,5-8,11-13H,1-2,4,9-10H2. The van der Waals surface area contributed by atoms with Crippen molar-refractivity contribution in [2.75, 3.05) is 0 Å². The van der Waals surface area contributed by atoms with Gasteiger partial charge in [0.15, 0.2) is 11.6 Å². The molecule has 0 N–H and O–H groups in total. The molecule has 1 aliphatic rings. The highest BCUT2D eigenvalue weighted by Crippen LogP contribution is 2.30. The summed E-state index contributed by atoms with van der Waals surface area (Å²) >= 11 is 0. The average molecular weight is 373 g/mol. The summed E-state index contributed by atoms with van der Waals surface area (Å²) in [6, 6.07) is 9.55. The number of aliphatic imine (C=N–C) groups is 1. The summed E-state index contributed by atoms with van der Waals surface area (Å²) in [5.74, 6) is -0.680. The average Bonchev–Trinajstić information content (AvgIpc) is 2.90. The molecule has 0 spiro atoms. The van der Waals surface area contributed by atoms with Crippen LogP contribution < -0.4 is 0 Å². The highest BCUT2D eigenvalue weighted by molar-refractivity contribution is 6.02. The number of halogens is 3. The number of Topliss-reactive ketones (excluding diaryl/α,β-unsaturated/α-hetero) is 2. The van der Waals surface area contributed by atoms with E-state index in [0.29, 0.717) is 5.56 Å². The molecule has 0 amide bonds. The van der Waals surface area contributed by atoms with E-state index < -0.39 is 17.5 Å². The lowest BCUT2D eigenvalue weighted by Crippen LogP contribution is -2.09. The maximum absolute atomic E-state index is 12.8. The van der Waals surface area contributed by atoms with E-state index in [1.54, 1.807) is 18.2 Å². The number of aryl methyl sites for hydroxylation is 1. The molecule has 2 aromatic carbocycles. The van der Waals surface area contributed by atoms with Crippen LogP contribution in [0.4, 0.5) is 18.9 Å². The Morgan fingerprint density at radius 2 is 1.67 bits per heavy atom. The van der Waals surface area contributed by atoms with E-state index in [1.165, 1.54) is 12.1 Å².